The largest absolute Gasteiger partial charge is 0.477 e. The zero-order valence-corrected chi connectivity index (χ0v) is 11.7. The van der Waals surface area contributed by atoms with Crippen molar-refractivity contribution in [3.8, 4) is 5.88 Å². The van der Waals surface area contributed by atoms with Crippen molar-refractivity contribution in [2.24, 2.45) is 0 Å². The lowest BCUT2D eigenvalue weighted by Gasteiger charge is -2.12. The summed E-state index contributed by atoms with van der Waals surface area (Å²) in [4.78, 5) is 10.6. The Morgan fingerprint density at radius 1 is 1.29 bits per heavy atom. The van der Waals surface area contributed by atoms with Gasteiger partial charge in [-0.1, -0.05) is 18.5 Å². The van der Waals surface area contributed by atoms with Crippen molar-refractivity contribution in [2.45, 2.75) is 26.7 Å². The minimum atomic E-state index is 0.486. The summed E-state index contributed by atoms with van der Waals surface area (Å²) in [5.41, 5.74) is 0.814. The smallest absolute Gasteiger partial charge is 0.221 e. The lowest BCUT2D eigenvalue weighted by atomic mass is 10.3. The van der Waals surface area contributed by atoms with Crippen LogP contribution in [0.2, 0.25) is 5.15 Å². The lowest BCUT2D eigenvalue weighted by Crippen LogP contribution is -2.16. The predicted molar refractivity (Wildman–Crippen MR) is 69.8 cm³/mol. The van der Waals surface area contributed by atoms with Gasteiger partial charge >= 0.3 is 0 Å². The molecule has 0 fully saturated rings. The molecule has 0 saturated carbocycles. The molecule has 4 nitrogen and oxygen atoms in total. The van der Waals surface area contributed by atoms with E-state index in [4.69, 9.17) is 16.3 Å². The SMILES string of the molecule is CCc1nc(Cl)c(C)c(OCCCN(C)C)n1. The van der Waals surface area contributed by atoms with Gasteiger partial charge in [0.05, 0.1) is 6.61 Å². The van der Waals surface area contributed by atoms with Crippen LogP contribution in [0.25, 0.3) is 0 Å². The van der Waals surface area contributed by atoms with Crippen molar-refractivity contribution in [2.75, 3.05) is 27.2 Å². The van der Waals surface area contributed by atoms with E-state index in [2.05, 4.69) is 14.9 Å². The molecule has 0 aliphatic carbocycles. The minimum Gasteiger partial charge on any atom is -0.477 e. The summed E-state index contributed by atoms with van der Waals surface area (Å²) in [5, 5.41) is 0.486. The van der Waals surface area contributed by atoms with Gasteiger partial charge in [0, 0.05) is 18.5 Å². The van der Waals surface area contributed by atoms with E-state index in [0.717, 1.165) is 30.8 Å². The average molecular weight is 258 g/mol. The second-order valence-electron chi connectivity index (χ2n) is 4.22. The molecule has 0 unspecified atom stereocenters. The topological polar surface area (TPSA) is 38.2 Å². The predicted octanol–water partition coefficient (Wildman–Crippen LogP) is 2.33. The highest BCUT2D eigenvalue weighted by molar-refractivity contribution is 6.30. The first kappa shape index (κ1) is 14.2. The third kappa shape index (κ3) is 4.48. The Morgan fingerprint density at radius 3 is 2.59 bits per heavy atom. The van der Waals surface area contributed by atoms with E-state index in [-0.39, 0.29) is 0 Å². The molecular weight excluding hydrogens is 238 g/mol. The first-order valence-corrected chi connectivity index (χ1v) is 6.23. The molecule has 0 aliphatic heterocycles. The summed E-state index contributed by atoms with van der Waals surface area (Å²) in [6.45, 7) is 5.52. The number of ether oxygens (including phenoxy) is 1. The normalized spacial score (nSPS) is 10.9. The summed E-state index contributed by atoms with van der Waals surface area (Å²) in [6, 6.07) is 0. The fraction of sp³-hybridized carbons (Fsp3) is 0.667. The molecule has 17 heavy (non-hydrogen) atoms. The highest BCUT2D eigenvalue weighted by Crippen LogP contribution is 2.22. The van der Waals surface area contributed by atoms with Crippen LogP contribution in [-0.2, 0) is 6.42 Å². The van der Waals surface area contributed by atoms with Gasteiger partial charge in [-0.05, 0) is 27.4 Å². The van der Waals surface area contributed by atoms with Crippen LogP contribution in [0.15, 0.2) is 0 Å². The summed E-state index contributed by atoms with van der Waals surface area (Å²) in [5.74, 6) is 1.34. The second kappa shape index (κ2) is 6.77. The third-order valence-corrected chi connectivity index (χ3v) is 2.76. The first-order valence-electron chi connectivity index (χ1n) is 5.85. The standard InChI is InChI=1S/C12H20ClN3O/c1-5-10-14-11(13)9(2)12(15-10)17-8-6-7-16(3)4/h5-8H2,1-4H3. The highest BCUT2D eigenvalue weighted by atomic mass is 35.5. The molecule has 0 saturated heterocycles. The Kier molecular flexibility index (Phi) is 5.65. The molecule has 0 atom stereocenters. The summed E-state index contributed by atoms with van der Waals surface area (Å²) in [6.07, 6.45) is 1.73. The lowest BCUT2D eigenvalue weighted by molar-refractivity contribution is 0.270. The monoisotopic (exact) mass is 257 g/mol. The van der Waals surface area contributed by atoms with Gasteiger partial charge in [-0.2, -0.15) is 4.98 Å². The van der Waals surface area contributed by atoms with Crippen LogP contribution in [0.1, 0.15) is 24.7 Å². The van der Waals surface area contributed by atoms with E-state index in [1.165, 1.54) is 0 Å². The summed E-state index contributed by atoms with van der Waals surface area (Å²) in [7, 11) is 4.09. The Labute approximate surface area is 108 Å². The van der Waals surface area contributed by atoms with Gasteiger partial charge in [-0.3, -0.25) is 0 Å². The van der Waals surface area contributed by atoms with Gasteiger partial charge in [0.15, 0.2) is 0 Å². The van der Waals surface area contributed by atoms with E-state index < -0.39 is 0 Å². The number of nitrogens with zero attached hydrogens (tertiary/aromatic N) is 3. The molecule has 1 heterocycles. The Bertz CT molecular complexity index is 369. The molecule has 1 rings (SSSR count). The molecule has 0 bridgehead atoms. The molecule has 0 N–H and O–H groups in total. The van der Waals surface area contributed by atoms with E-state index in [1.807, 2.05) is 27.9 Å². The number of aryl methyl sites for hydroxylation is 1. The fourth-order valence-electron chi connectivity index (χ4n) is 1.36. The Balaban J connectivity index is 2.60. The van der Waals surface area contributed by atoms with Crippen LogP contribution >= 0.6 is 11.6 Å². The first-order chi connectivity index (χ1) is 8.04. The Hall–Kier alpha value is -0.870. The zero-order valence-electron chi connectivity index (χ0n) is 11.0. The number of rotatable bonds is 6. The maximum absolute atomic E-state index is 6.02. The molecule has 0 spiro atoms. The summed E-state index contributed by atoms with van der Waals surface area (Å²) < 4.78 is 5.65. The van der Waals surface area contributed by atoms with Crippen molar-refractivity contribution in [3.05, 3.63) is 16.5 Å². The molecule has 0 amide bonds. The van der Waals surface area contributed by atoms with Crippen LogP contribution in [0, 0.1) is 6.92 Å². The van der Waals surface area contributed by atoms with Crippen molar-refractivity contribution >= 4 is 11.6 Å². The van der Waals surface area contributed by atoms with Gasteiger partial charge in [-0.15, -0.1) is 0 Å². The van der Waals surface area contributed by atoms with Crippen molar-refractivity contribution in [1.29, 1.82) is 0 Å². The fourth-order valence-corrected chi connectivity index (χ4v) is 1.54. The molecule has 0 aliphatic rings. The molecule has 0 aromatic carbocycles. The van der Waals surface area contributed by atoms with Crippen LogP contribution in [0.5, 0.6) is 5.88 Å². The van der Waals surface area contributed by atoms with Crippen molar-refractivity contribution < 1.29 is 4.74 Å². The maximum atomic E-state index is 6.02. The third-order valence-electron chi connectivity index (χ3n) is 2.39. The maximum Gasteiger partial charge on any atom is 0.221 e. The van der Waals surface area contributed by atoms with Gasteiger partial charge in [-0.25, -0.2) is 4.98 Å². The number of hydrogen-bond donors (Lipinski definition) is 0. The van der Waals surface area contributed by atoms with Crippen LogP contribution in [0.4, 0.5) is 0 Å². The van der Waals surface area contributed by atoms with E-state index in [0.29, 0.717) is 17.6 Å². The second-order valence-corrected chi connectivity index (χ2v) is 4.58. The number of halogens is 1. The van der Waals surface area contributed by atoms with Crippen LogP contribution < -0.4 is 4.74 Å². The van der Waals surface area contributed by atoms with Crippen molar-refractivity contribution in [1.82, 2.24) is 14.9 Å². The van der Waals surface area contributed by atoms with Gasteiger partial charge in [0.1, 0.15) is 11.0 Å². The molecule has 1 aromatic rings. The number of hydrogen-bond acceptors (Lipinski definition) is 4. The van der Waals surface area contributed by atoms with E-state index in [9.17, 15) is 0 Å². The van der Waals surface area contributed by atoms with Crippen LogP contribution in [0.3, 0.4) is 0 Å². The van der Waals surface area contributed by atoms with E-state index >= 15 is 0 Å². The molecule has 0 radical (unpaired) electrons. The summed E-state index contributed by atoms with van der Waals surface area (Å²) >= 11 is 6.02. The van der Waals surface area contributed by atoms with Crippen LogP contribution in [-0.4, -0.2) is 42.1 Å². The van der Waals surface area contributed by atoms with Crippen molar-refractivity contribution in [3.63, 3.8) is 0 Å². The molecule has 1 aromatic heterocycles. The van der Waals surface area contributed by atoms with Gasteiger partial charge in [0.2, 0.25) is 5.88 Å². The average Bonchev–Trinajstić information content (AvgIpc) is 2.29. The van der Waals surface area contributed by atoms with Gasteiger partial charge in [0.25, 0.3) is 0 Å². The molecule has 5 heteroatoms. The Morgan fingerprint density at radius 2 is 2.00 bits per heavy atom. The van der Waals surface area contributed by atoms with Gasteiger partial charge < -0.3 is 9.64 Å². The zero-order chi connectivity index (χ0) is 12.8. The number of aromatic nitrogens is 2. The highest BCUT2D eigenvalue weighted by Gasteiger charge is 2.09. The quantitative estimate of drug-likeness (QED) is 0.579. The minimum absolute atomic E-state index is 0.486. The molecule has 96 valence electrons. The molecular formula is C12H20ClN3O. The van der Waals surface area contributed by atoms with E-state index in [1.54, 1.807) is 0 Å².